The molecule has 0 aromatic heterocycles. The Balaban J connectivity index is 1.71. The van der Waals surface area contributed by atoms with Gasteiger partial charge in [-0.3, -0.25) is 9.59 Å². The van der Waals surface area contributed by atoms with Crippen LogP contribution in [0.1, 0.15) is 43.7 Å². The van der Waals surface area contributed by atoms with E-state index in [1.54, 1.807) is 0 Å². The van der Waals surface area contributed by atoms with Gasteiger partial charge in [-0.1, -0.05) is 49.6 Å². The Morgan fingerprint density at radius 1 is 1.18 bits per heavy atom. The maximum absolute atomic E-state index is 11.9. The van der Waals surface area contributed by atoms with Crippen molar-refractivity contribution in [2.24, 2.45) is 5.92 Å². The van der Waals surface area contributed by atoms with Crippen molar-refractivity contribution in [3.8, 4) is 0 Å². The van der Waals surface area contributed by atoms with Crippen LogP contribution < -0.4 is 5.32 Å². The van der Waals surface area contributed by atoms with Crippen LogP contribution in [0.25, 0.3) is 0 Å². The maximum Gasteiger partial charge on any atom is 0.310 e. The van der Waals surface area contributed by atoms with Crippen LogP contribution in [0.5, 0.6) is 0 Å². The van der Waals surface area contributed by atoms with Gasteiger partial charge in [0.2, 0.25) is 0 Å². The zero-order valence-electron chi connectivity index (χ0n) is 13.4. The molecular formula is C18H25NO3. The molecule has 120 valence electrons. The number of hydrogen-bond acceptors (Lipinski definition) is 3. The van der Waals surface area contributed by atoms with E-state index in [-0.39, 0.29) is 30.9 Å². The third-order valence-electron chi connectivity index (χ3n) is 4.29. The molecule has 0 spiro atoms. The van der Waals surface area contributed by atoms with Gasteiger partial charge in [0, 0.05) is 6.04 Å². The molecular weight excluding hydrogens is 278 g/mol. The van der Waals surface area contributed by atoms with E-state index in [2.05, 4.69) is 12.2 Å². The minimum absolute atomic E-state index is 0.187. The molecule has 1 amide bonds. The lowest BCUT2D eigenvalue weighted by atomic mass is 9.86. The molecule has 1 N–H and O–H groups in total. The molecule has 0 radical (unpaired) electrons. The predicted octanol–water partition coefficient (Wildman–Crippen LogP) is 2.78. The van der Waals surface area contributed by atoms with Gasteiger partial charge in [-0.05, 0) is 31.2 Å². The van der Waals surface area contributed by atoms with Gasteiger partial charge >= 0.3 is 5.97 Å². The Bertz CT molecular complexity index is 510. The number of amides is 1. The molecule has 0 aliphatic heterocycles. The van der Waals surface area contributed by atoms with E-state index in [1.165, 1.54) is 6.42 Å². The van der Waals surface area contributed by atoms with E-state index in [0.717, 1.165) is 30.4 Å². The molecule has 1 saturated carbocycles. The molecule has 0 heterocycles. The van der Waals surface area contributed by atoms with Crippen molar-refractivity contribution in [1.29, 1.82) is 0 Å². The number of hydrogen-bond donors (Lipinski definition) is 1. The number of carbonyl (C=O) groups excluding carboxylic acids is 2. The average molecular weight is 303 g/mol. The van der Waals surface area contributed by atoms with E-state index in [9.17, 15) is 9.59 Å². The summed E-state index contributed by atoms with van der Waals surface area (Å²) in [5.74, 6) is -0.0624. The number of rotatable bonds is 5. The molecule has 4 heteroatoms. The predicted molar refractivity (Wildman–Crippen MR) is 85.4 cm³/mol. The van der Waals surface area contributed by atoms with E-state index in [1.807, 2.05) is 31.2 Å². The minimum atomic E-state index is -0.365. The van der Waals surface area contributed by atoms with Gasteiger partial charge in [0.15, 0.2) is 6.61 Å². The highest BCUT2D eigenvalue weighted by atomic mass is 16.5. The topological polar surface area (TPSA) is 55.4 Å². The molecule has 1 aromatic carbocycles. The molecule has 4 nitrogen and oxygen atoms in total. The third-order valence-corrected chi connectivity index (χ3v) is 4.29. The summed E-state index contributed by atoms with van der Waals surface area (Å²) in [4.78, 5) is 23.6. The van der Waals surface area contributed by atoms with Gasteiger partial charge in [0.1, 0.15) is 0 Å². The second kappa shape index (κ2) is 7.97. The molecule has 1 aromatic rings. The van der Waals surface area contributed by atoms with Gasteiger partial charge < -0.3 is 10.1 Å². The summed E-state index contributed by atoms with van der Waals surface area (Å²) < 4.78 is 5.06. The number of aryl methyl sites for hydroxylation is 1. The molecule has 1 fully saturated rings. The van der Waals surface area contributed by atoms with Crippen LogP contribution in [0.2, 0.25) is 0 Å². The first-order chi connectivity index (χ1) is 10.5. The minimum Gasteiger partial charge on any atom is -0.455 e. The lowest BCUT2D eigenvalue weighted by Gasteiger charge is -2.29. The Morgan fingerprint density at radius 3 is 2.55 bits per heavy atom. The van der Waals surface area contributed by atoms with Crippen molar-refractivity contribution in [2.45, 2.75) is 52.0 Å². The van der Waals surface area contributed by atoms with Gasteiger partial charge in [-0.15, -0.1) is 0 Å². The van der Waals surface area contributed by atoms with Crippen molar-refractivity contribution in [1.82, 2.24) is 5.32 Å². The van der Waals surface area contributed by atoms with E-state index in [4.69, 9.17) is 4.74 Å². The first kappa shape index (κ1) is 16.5. The van der Waals surface area contributed by atoms with Crippen LogP contribution in [0, 0.1) is 12.8 Å². The fourth-order valence-electron chi connectivity index (χ4n) is 2.85. The third kappa shape index (κ3) is 5.17. The molecule has 1 aliphatic rings. The Labute approximate surface area is 132 Å². The molecule has 1 aliphatic carbocycles. The highest BCUT2D eigenvalue weighted by molar-refractivity contribution is 5.81. The fourth-order valence-corrected chi connectivity index (χ4v) is 2.85. The highest BCUT2D eigenvalue weighted by Crippen LogP contribution is 2.23. The van der Waals surface area contributed by atoms with Crippen LogP contribution in [-0.4, -0.2) is 24.5 Å². The summed E-state index contributed by atoms with van der Waals surface area (Å²) in [5.41, 5.74) is 2.05. The second-order valence-corrected chi connectivity index (χ2v) is 6.26. The maximum atomic E-state index is 11.9. The Kier molecular flexibility index (Phi) is 5.99. The van der Waals surface area contributed by atoms with Crippen molar-refractivity contribution < 1.29 is 14.3 Å². The van der Waals surface area contributed by atoms with Gasteiger partial charge in [0.05, 0.1) is 6.42 Å². The van der Waals surface area contributed by atoms with Crippen LogP contribution in [0.4, 0.5) is 0 Å². The van der Waals surface area contributed by atoms with E-state index in [0.29, 0.717) is 5.92 Å². The monoisotopic (exact) mass is 303 g/mol. The summed E-state index contributed by atoms with van der Waals surface area (Å²) in [6.07, 6.45) is 4.76. The Morgan fingerprint density at radius 2 is 1.86 bits per heavy atom. The molecule has 0 saturated heterocycles. The first-order valence-electron chi connectivity index (χ1n) is 8.05. The zero-order chi connectivity index (χ0) is 15.9. The summed E-state index contributed by atoms with van der Waals surface area (Å²) in [5, 5.41) is 2.98. The summed E-state index contributed by atoms with van der Waals surface area (Å²) >= 11 is 0. The lowest BCUT2D eigenvalue weighted by Crippen LogP contribution is -2.42. The Hall–Kier alpha value is -1.84. The number of carbonyl (C=O) groups is 2. The van der Waals surface area contributed by atoms with E-state index < -0.39 is 0 Å². The first-order valence-corrected chi connectivity index (χ1v) is 8.05. The number of benzene rings is 1. The highest BCUT2D eigenvalue weighted by Gasteiger charge is 2.23. The molecule has 22 heavy (non-hydrogen) atoms. The standard InChI is InChI=1S/C18H25NO3/c1-13-7-9-15(10-8-13)11-18(21)22-12-17(20)19-16-6-4-3-5-14(16)2/h7-10,14,16H,3-6,11-12H2,1-2H3,(H,19,20)/t14-,16+/m0/s1. The van der Waals surface area contributed by atoms with Gasteiger partial charge in [-0.2, -0.15) is 0 Å². The van der Waals surface area contributed by atoms with Crippen molar-refractivity contribution in [2.75, 3.05) is 6.61 Å². The van der Waals surface area contributed by atoms with Crippen LogP contribution >= 0.6 is 0 Å². The summed E-state index contributed by atoms with van der Waals surface area (Å²) in [6.45, 7) is 3.97. The smallest absolute Gasteiger partial charge is 0.310 e. The van der Waals surface area contributed by atoms with Gasteiger partial charge in [0.25, 0.3) is 5.91 Å². The molecule has 2 rings (SSSR count). The molecule has 0 bridgehead atoms. The SMILES string of the molecule is Cc1ccc(CC(=O)OCC(=O)N[C@@H]2CCCC[C@@H]2C)cc1. The number of esters is 1. The van der Waals surface area contributed by atoms with Crippen LogP contribution in [-0.2, 0) is 20.7 Å². The normalized spacial score (nSPS) is 21.2. The van der Waals surface area contributed by atoms with Crippen molar-refractivity contribution in [3.05, 3.63) is 35.4 Å². The fraction of sp³-hybridized carbons (Fsp3) is 0.556. The quantitative estimate of drug-likeness (QED) is 0.851. The lowest BCUT2D eigenvalue weighted by molar-refractivity contribution is -0.148. The van der Waals surface area contributed by atoms with Gasteiger partial charge in [-0.25, -0.2) is 0 Å². The zero-order valence-corrected chi connectivity index (χ0v) is 13.4. The van der Waals surface area contributed by atoms with Crippen molar-refractivity contribution >= 4 is 11.9 Å². The van der Waals surface area contributed by atoms with Crippen molar-refractivity contribution in [3.63, 3.8) is 0 Å². The molecule has 0 unspecified atom stereocenters. The largest absolute Gasteiger partial charge is 0.455 e. The number of ether oxygens (including phenoxy) is 1. The second-order valence-electron chi connectivity index (χ2n) is 6.26. The summed E-state index contributed by atoms with van der Waals surface area (Å²) in [7, 11) is 0. The van der Waals surface area contributed by atoms with Crippen LogP contribution in [0.15, 0.2) is 24.3 Å². The molecule has 2 atom stereocenters. The van der Waals surface area contributed by atoms with E-state index >= 15 is 0 Å². The average Bonchev–Trinajstić information content (AvgIpc) is 2.50. The van der Waals surface area contributed by atoms with Crippen LogP contribution in [0.3, 0.4) is 0 Å². The summed E-state index contributed by atoms with van der Waals surface area (Å²) in [6, 6.07) is 7.94. The number of nitrogens with one attached hydrogen (secondary N) is 1.